The molecule has 0 atom stereocenters. The molecule has 1 aromatic carbocycles. The fraction of sp³-hybridized carbons (Fsp3) is 0.250. The first-order valence-corrected chi connectivity index (χ1v) is 6.75. The van der Waals surface area contributed by atoms with E-state index >= 15 is 0 Å². The van der Waals surface area contributed by atoms with Gasteiger partial charge in [-0.05, 0) is 29.8 Å². The topological polar surface area (TPSA) is 85.4 Å². The minimum atomic E-state index is -0.852. The molecule has 21 heavy (non-hydrogen) atoms. The van der Waals surface area contributed by atoms with E-state index in [-0.39, 0.29) is 6.42 Å². The minimum Gasteiger partial charge on any atom is -0.487 e. The first-order valence-electron chi connectivity index (χ1n) is 6.75. The highest BCUT2D eigenvalue weighted by molar-refractivity contribution is 5.70. The summed E-state index contributed by atoms with van der Waals surface area (Å²) < 4.78 is 5.66. The van der Waals surface area contributed by atoms with Crippen molar-refractivity contribution in [1.82, 2.24) is 4.98 Å². The van der Waals surface area contributed by atoms with E-state index in [0.29, 0.717) is 18.9 Å². The van der Waals surface area contributed by atoms with Crippen molar-refractivity contribution < 1.29 is 14.6 Å². The SMILES string of the molecule is NCCc1ccc(OCc2ccccc2CC(=O)O)cn1. The number of rotatable bonds is 7. The largest absolute Gasteiger partial charge is 0.487 e. The lowest BCUT2D eigenvalue weighted by Crippen LogP contribution is -2.06. The maximum absolute atomic E-state index is 10.8. The number of benzene rings is 1. The molecule has 0 aliphatic carbocycles. The highest BCUT2D eigenvalue weighted by Crippen LogP contribution is 2.15. The van der Waals surface area contributed by atoms with Crippen LogP contribution in [-0.2, 0) is 24.2 Å². The van der Waals surface area contributed by atoms with E-state index in [1.165, 1.54) is 0 Å². The molecule has 2 aromatic rings. The van der Waals surface area contributed by atoms with E-state index in [0.717, 1.165) is 23.2 Å². The molecule has 0 saturated heterocycles. The zero-order valence-electron chi connectivity index (χ0n) is 11.7. The third-order valence-electron chi connectivity index (χ3n) is 3.05. The van der Waals surface area contributed by atoms with Gasteiger partial charge in [-0.25, -0.2) is 0 Å². The molecule has 0 unspecified atom stereocenters. The second-order valence-corrected chi connectivity index (χ2v) is 4.65. The summed E-state index contributed by atoms with van der Waals surface area (Å²) in [5.74, 6) is -0.198. The number of hydrogen-bond acceptors (Lipinski definition) is 4. The van der Waals surface area contributed by atoms with Gasteiger partial charge in [-0.2, -0.15) is 0 Å². The van der Waals surface area contributed by atoms with Crippen molar-refractivity contribution >= 4 is 5.97 Å². The Bertz CT molecular complexity index is 597. The molecule has 0 spiro atoms. The fourth-order valence-corrected chi connectivity index (χ4v) is 1.99. The molecule has 5 heteroatoms. The number of aromatic nitrogens is 1. The number of nitrogens with two attached hydrogens (primary N) is 1. The molecule has 0 fully saturated rings. The summed E-state index contributed by atoms with van der Waals surface area (Å²) in [5.41, 5.74) is 8.03. The van der Waals surface area contributed by atoms with Gasteiger partial charge in [-0.15, -0.1) is 0 Å². The average molecular weight is 286 g/mol. The van der Waals surface area contributed by atoms with Gasteiger partial charge in [0.05, 0.1) is 12.6 Å². The zero-order chi connectivity index (χ0) is 15.1. The predicted octanol–water partition coefficient (Wildman–Crippen LogP) is 1.79. The number of carboxylic acid groups (broad SMARTS) is 1. The van der Waals surface area contributed by atoms with Crippen LogP contribution < -0.4 is 10.5 Å². The molecule has 2 rings (SSSR count). The fourth-order valence-electron chi connectivity index (χ4n) is 1.99. The maximum atomic E-state index is 10.8. The number of hydrogen-bond donors (Lipinski definition) is 2. The van der Waals surface area contributed by atoms with Gasteiger partial charge in [0.25, 0.3) is 0 Å². The van der Waals surface area contributed by atoms with Gasteiger partial charge in [0.15, 0.2) is 0 Å². The van der Waals surface area contributed by atoms with Crippen LogP contribution in [0.3, 0.4) is 0 Å². The van der Waals surface area contributed by atoms with Crippen LogP contribution in [0.25, 0.3) is 0 Å². The summed E-state index contributed by atoms with van der Waals surface area (Å²) in [6.07, 6.45) is 2.39. The highest BCUT2D eigenvalue weighted by atomic mass is 16.5. The Kier molecular flexibility index (Phi) is 5.29. The third kappa shape index (κ3) is 4.57. The van der Waals surface area contributed by atoms with Crippen LogP contribution in [-0.4, -0.2) is 22.6 Å². The number of ether oxygens (including phenoxy) is 1. The van der Waals surface area contributed by atoms with Crippen LogP contribution in [0.1, 0.15) is 16.8 Å². The lowest BCUT2D eigenvalue weighted by atomic mass is 10.1. The molecule has 1 heterocycles. The molecule has 0 saturated carbocycles. The summed E-state index contributed by atoms with van der Waals surface area (Å²) >= 11 is 0. The van der Waals surface area contributed by atoms with Crippen LogP contribution in [0.15, 0.2) is 42.6 Å². The van der Waals surface area contributed by atoms with E-state index in [9.17, 15) is 4.79 Å². The molecular formula is C16H18N2O3. The van der Waals surface area contributed by atoms with Crippen molar-refractivity contribution in [2.75, 3.05) is 6.54 Å². The number of nitrogens with zero attached hydrogens (tertiary/aromatic N) is 1. The highest BCUT2D eigenvalue weighted by Gasteiger charge is 2.07. The molecule has 110 valence electrons. The van der Waals surface area contributed by atoms with Crippen molar-refractivity contribution in [2.45, 2.75) is 19.4 Å². The van der Waals surface area contributed by atoms with E-state index in [4.69, 9.17) is 15.6 Å². The minimum absolute atomic E-state index is 0.00673. The molecule has 0 bridgehead atoms. The van der Waals surface area contributed by atoms with Crippen LogP contribution in [0.5, 0.6) is 5.75 Å². The smallest absolute Gasteiger partial charge is 0.307 e. The summed E-state index contributed by atoms with van der Waals surface area (Å²) in [5, 5.41) is 8.90. The molecule has 0 aliphatic heterocycles. The van der Waals surface area contributed by atoms with Gasteiger partial charge in [-0.3, -0.25) is 9.78 Å². The van der Waals surface area contributed by atoms with E-state index in [2.05, 4.69) is 4.98 Å². The summed E-state index contributed by atoms with van der Waals surface area (Å²) in [6.45, 7) is 0.886. The molecule has 3 N–H and O–H groups in total. The van der Waals surface area contributed by atoms with Crippen molar-refractivity contribution in [3.05, 3.63) is 59.4 Å². The molecule has 5 nitrogen and oxygen atoms in total. The Morgan fingerprint density at radius 1 is 1.19 bits per heavy atom. The molecular weight excluding hydrogens is 268 g/mol. The van der Waals surface area contributed by atoms with E-state index in [1.807, 2.05) is 30.3 Å². The first-order chi connectivity index (χ1) is 10.2. The van der Waals surface area contributed by atoms with Crippen molar-refractivity contribution in [1.29, 1.82) is 0 Å². The Morgan fingerprint density at radius 2 is 1.95 bits per heavy atom. The van der Waals surface area contributed by atoms with Crippen molar-refractivity contribution in [2.24, 2.45) is 5.73 Å². The predicted molar refractivity (Wildman–Crippen MR) is 79.1 cm³/mol. The Balaban J connectivity index is 2.00. The quantitative estimate of drug-likeness (QED) is 0.810. The summed E-state index contributed by atoms with van der Waals surface area (Å²) in [7, 11) is 0. The standard InChI is InChI=1S/C16H18N2O3/c17-8-7-14-5-6-15(10-18-14)21-11-13-4-2-1-3-12(13)9-16(19)20/h1-6,10H,7-9,11,17H2,(H,19,20). The Hall–Kier alpha value is -2.40. The molecule has 0 aliphatic rings. The van der Waals surface area contributed by atoms with E-state index < -0.39 is 5.97 Å². The lowest BCUT2D eigenvalue weighted by molar-refractivity contribution is -0.136. The molecule has 1 aromatic heterocycles. The van der Waals surface area contributed by atoms with Crippen LogP contribution >= 0.6 is 0 Å². The monoisotopic (exact) mass is 286 g/mol. The molecule has 0 radical (unpaired) electrons. The van der Waals surface area contributed by atoms with Gasteiger partial charge in [0.2, 0.25) is 0 Å². The maximum Gasteiger partial charge on any atom is 0.307 e. The average Bonchev–Trinajstić information content (AvgIpc) is 2.48. The normalized spacial score (nSPS) is 10.3. The summed E-state index contributed by atoms with van der Waals surface area (Å²) in [4.78, 5) is 15.1. The number of aliphatic carboxylic acids is 1. The van der Waals surface area contributed by atoms with Gasteiger partial charge in [-0.1, -0.05) is 24.3 Å². The van der Waals surface area contributed by atoms with Gasteiger partial charge in [0, 0.05) is 12.1 Å². The lowest BCUT2D eigenvalue weighted by Gasteiger charge is -2.10. The Labute approximate surface area is 123 Å². The molecule has 0 amide bonds. The summed E-state index contributed by atoms with van der Waals surface area (Å²) in [6, 6.07) is 11.1. The number of carbonyl (C=O) groups is 1. The first kappa shape index (κ1) is 15.0. The zero-order valence-corrected chi connectivity index (χ0v) is 11.7. The van der Waals surface area contributed by atoms with Crippen molar-refractivity contribution in [3.63, 3.8) is 0 Å². The van der Waals surface area contributed by atoms with Crippen molar-refractivity contribution in [3.8, 4) is 5.75 Å². The number of pyridine rings is 1. The second kappa shape index (κ2) is 7.40. The van der Waals surface area contributed by atoms with Crippen LogP contribution in [0, 0.1) is 0 Å². The number of carboxylic acids is 1. The van der Waals surface area contributed by atoms with Gasteiger partial charge >= 0.3 is 5.97 Å². The second-order valence-electron chi connectivity index (χ2n) is 4.65. The van der Waals surface area contributed by atoms with Gasteiger partial charge in [0.1, 0.15) is 12.4 Å². The third-order valence-corrected chi connectivity index (χ3v) is 3.05. The van der Waals surface area contributed by atoms with Crippen LogP contribution in [0.4, 0.5) is 0 Å². The van der Waals surface area contributed by atoms with E-state index in [1.54, 1.807) is 12.3 Å². The van der Waals surface area contributed by atoms with Crippen LogP contribution in [0.2, 0.25) is 0 Å². The Morgan fingerprint density at radius 3 is 2.57 bits per heavy atom. The van der Waals surface area contributed by atoms with Gasteiger partial charge < -0.3 is 15.6 Å².